The number of hydrogen-bond donors (Lipinski definition) is 1. The van der Waals surface area contributed by atoms with Crippen LogP contribution in [-0.2, 0) is 6.54 Å². The SMILES string of the molecule is CCn1c(=O)n(O)c(=O)c2cc(F)c(N3CCN(C)CC3)nc21. The number of aryl methyl sites for hydroxylation is 1. The van der Waals surface area contributed by atoms with Crippen molar-refractivity contribution < 1.29 is 9.60 Å². The van der Waals surface area contributed by atoms with Crippen molar-refractivity contribution in [3.05, 3.63) is 32.7 Å². The lowest BCUT2D eigenvalue weighted by Crippen LogP contribution is -2.45. The fraction of sp³-hybridized carbons (Fsp3) is 0.500. The average molecular weight is 323 g/mol. The number of aromatic nitrogens is 3. The van der Waals surface area contributed by atoms with Crippen LogP contribution in [0, 0.1) is 5.82 Å². The van der Waals surface area contributed by atoms with E-state index < -0.39 is 17.1 Å². The molecule has 0 amide bonds. The van der Waals surface area contributed by atoms with Crippen molar-refractivity contribution in [1.29, 1.82) is 0 Å². The molecule has 1 saturated heterocycles. The van der Waals surface area contributed by atoms with Crippen molar-refractivity contribution in [3.8, 4) is 0 Å². The van der Waals surface area contributed by atoms with Crippen molar-refractivity contribution in [2.45, 2.75) is 13.5 Å². The molecule has 9 heteroatoms. The fourth-order valence-electron chi connectivity index (χ4n) is 2.76. The molecule has 1 aliphatic heterocycles. The summed E-state index contributed by atoms with van der Waals surface area (Å²) in [4.78, 5) is 32.1. The van der Waals surface area contributed by atoms with E-state index in [0.29, 0.717) is 13.1 Å². The van der Waals surface area contributed by atoms with Crippen LogP contribution in [0.25, 0.3) is 11.0 Å². The Bertz CT molecular complexity index is 867. The third kappa shape index (κ3) is 2.46. The highest BCUT2D eigenvalue weighted by molar-refractivity contribution is 5.76. The highest BCUT2D eigenvalue weighted by Crippen LogP contribution is 2.21. The Balaban J connectivity index is 2.23. The highest BCUT2D eigenvalue weighted by atomic mass is 19.1. The molecule has 23 heavy (non-hydrogen) atoms. The summed E-state index contributed by atoms with van der Waals surface area (Å²) in [5, 5.41) is 9.44. The van der Waals surface area contributed by atoms with E-state index in [9.17, 15) is 19.2 Å². The molecule has 0 saturated carbocycles. The van der Waals surface area contributed by atoms with E-state index in [0.717, 1.165) is 23.7 Å². The van der Waals surface area contributed by atoms with Gasteiger partial charge in [0.2, 0.25) is 0 Å². The second kappa shape index (κ2) is 5.65. The van der Waals surface area contributed by atoms with Crippen LogP contribution in [0.3, 0.4) is 0 Å². The van der Waals surface area contributed by atoms with Crippen LogP contribution in [0.2, 0.25) is 0 Å². The third-order valence-corrected chi connectivity index (χ3v) is 4.15. The molecule has 1 N–H and O–H groups in total. The number of fused-ring (bicyclic) bond motifs is 1. The minimum absolute atomic E-state index is 0.0114. The Morgan fingerprint density at radius 1 is 1.26 bits per heavy atom. The Labute approximate surface area is 130 Å². The van der Waals surface area contributed by atoms with E-state index in [2.05, 4.69) is 9.88 Å². The van der Waals surface area contributed by atoms with Gasteiger partial charge in [0, 0.05) is 32.7 Å². The van der Waals surface area contributed by atoms with Crippen molar-refractivity contribution in [1.82, 2.24) is 19.2 Å². The number of likely N-dealkylation sites (N-methyl/N-ethyl adjacent to an activating group) is 1. The molecule has 0 spiro atoms. The van der Waals surface area contributed by atoms with Gasteiger partial charge in [0.15, 0.2) is 17.3 Å². The molecule has 8 nitrogen and oxygen atoms in total. The first-order valence-electron chi connectivity index (χ1n) is 7.43. The number of hydrogen-bond acceptors (Lipinski definition) is 6. The molecule has 2 aromatic heterocycles. The zero-order valence-corrected chi connectivity index (χ0v) is 13.0. The number of piperazine rings is 1. The van der Waals surface area contributed by atoms with Crippen molar-refractivity contribution in [2.24, 2.45) is 0 Å². The number of halogens is 1. The van der Waals surface area contributed by atoms with Gasteiger partial charge < -0.3 is 15.0 Å². The van der Waals surface area contributed by atoms with Gasteiger partial charge in [0.05, 0.1) is 5.39 Å². The third-order valence-electron chi connectivity index (χ3n) is 4.15. The maximum absolute atomic E-state index is 14.4. The molecule has 0 atom stereocenters. The van der Waals surface area contributed by atoms with Gasteiger partial charge in [-0.2, -0.15) is 0 Å². The summed E-state index contributed by atoms with van der Waals surface area (Å²) in [7, 11) is 1.99. The van der Waals surface area contributed by atoms with Gasteiger partial charge >= 0.3 is 5.69 Å². The van der Waals surface area contributed by atoms with Crippen LogP contribution in [0.4, 0.5) is 10.2 Å². The van der Waals surface area contributed by atoms with Crippen molar-refractivity contribution >= 4 is 16.9 Å². The summed E-state index contributed by atoms with van der Waals surface area (Å²) in [5.41, 5.74) is -1.76. The fourth-order valence-corrected chi connectivity index (χ4v) is 2.76. The van der Waals surface area contributed by atoms with Crippen LogP contribution in [0.15, 0.2) is 15.7 Å². The van der Waals surface area contributed by atoms with Crippen LogP contribution >= 0.6 is 0 Å². The maximum Gasteiger partial charge on any atom is 0.366 e. The second-order valence-electron chi connectivity index (χ2n) is 5.60. The minimum Gasteiger partial charge on any atom is -0.421 e. The molecule has 2 aromatic rings. The van der Waals surface area contributed by atoms with Gasteiger partial charge in [-0.25, -0.2) is 14.2 Å². The topological polar surface area (TPSA) is 83.6 Å². The smallest absolute Gasteiger partial charge is 0.366 e. The van der Waals surface area contributed by atoms with E-state index in [1.165, 1.54) is 0 Å². The summed E-state index contributed by atoms with van der Waals surface area (Å²) in [6.07, 6.45) is 0. The summed E-state index contributed by atoms with van der Waals surface area (Å²) in [6.45, 7) is 4.66. The Morgan fingerprint density at radius 2 is 1.91 bits per heavy atom. The van der Waals surface area contributed by atoms with Crippen molar-refractivity contribution in [3.63, 3.8) is 0 Å². The predicted molar refractivity (Wildman–Crippen MR) is 82.8 cm³/mol. The van der Waals surface area contributed by atoms with Crippen LogP contribution in [-0.4, -0.2) is 57.6 Å². The highest BCUT2D eigenvalue weighted by Gasteiger charge is 2.22. The lowest BCUT2D eigenvalue weighted by molar-refractivity contribution is 0.157. The first-order valence-corrected chi connectivity index (χ1v) is 7.43. The molecule has 0 unspecified atom stereocenters. The minimum atomic E-state index is -0.967. The number of nitrogens with zero attached hydrogens (tertiary/aromatic N) is 5. The first kappa shape index (κ1) is 15.5. The quantitative estimate of drug-likeness (QED) is 0.765. The van der Waals surface area contributed by atoms with E-state index in [1.54, 1.807) is 11.8 Å². The van der Waals surface area contributed by atoms with E-state index >= 15 is 0 Å². The Kier molecular flexibility index (Phi) is 3.80. The first-order chi connectivity index (χ1) is 10.9. The zero-order chi connectivity index (χ0) is 16.7. The van der Waals surface area contributed by atoms with Gasteiger partial charge in [-0.3, -0.25) is 9.36 Å². The van der Waals surface area contributed by atoms with Gasteiger partial charge in [0.1, 0.15) is 0 Å². The monoisotopic (exact) mass is 323 g/mol. The number of anilines is 1. The summed E-state index contributed by atoms with van der Waals surface area (Å²) in [5.74, 6) is -0.511. The van der Waals surface area contributed by atoms with Crippen LogP contribution in [0.1, 0.15) is 6.92 Å². The molecule has 0 aliphatic carbocycles. The van der Waals surface area contributed by atoms with E-state index in [4.69, 9.17) is 0 Å². The predicted octanol–water partition coefficient (Wildman–Crippen LogP) is -0.294. The van der Waals surface area contributed by atoms with Crippen LogP contribution < -0.4 is 16.1 Å². The number of pyridine rings is 1. The van der Waals surface area contributed by atoms with Gasteiger partial charge in [-0.05, 0) is 20.0 Å². The molecule has 124 valence electrons. The molecule has 3 rings (SSSR count). The molecule has 0 bridgehead atoms. The normalized spacial score (nSPS) is 16.2. The summed E-state index contributed by atoms with van der Waals surface area (Å²) in [6, 6.07) is 1.04. The van der Waals surface area contributed by atoms with Gasteiger partial charge in [0.25, 0.3) is 5.56 Å². The molecule has 1 fully saturated rings. The maximum atomic E-state index is 14.4. The lowest BCUT2D eigenvalue weighted by atomic mass is 10.2. The Hall–Kier alpha value is -2.42. The van der Waals surface area contributed by atoms with E-state index in [1.807, 2.05) is 7.05 Å². The van der Waals surface area contributed by atoms with Crippen molar-refractivity contribution in [2.75, 3.05) is 38.1 Å². The second-order valence-corrected chi connectivity index (χ2v) is 5.60. The summed E-state index contributed by atoms with van der Waals surface area (Å²) < 4.78 is 15.6. The molecule has 3 heterocycles. The summed E-state index contributed by atoms with van der Waals surface area (Å²) >= 11 is 0. The molecular formula is C14H18FN5O3. The van der Waals surface area contributed by atoms with E-state index in [-0.39, 0.29) is 28.1 Å². The molecule has 0 radical (unpaired) electrons. The zero-order valence-electron chi connectivity index (χ0n) is 13.0. The van der Waals surface area contributed by atoms with Crippen LogP contribution in [0.5, 0.6) is 0 Å². The largest absolute Gasteiger partial charge is 0.421 e. The molecule has 1 aliphatic rings. The standard InChI is InChI=1S/C14H18FN5O3/c1-3-19-11-9(13(21)20(23)14(19)22)8-10(15)12(16-11)18-6-4-17(2)5-7-18/h8,23H,3-7H2,1-2H3. The van der Waals surface area contributed by atoms with Gasteiger partial charge in [-0.15, -0.1) is 0 Å². The molecular weight excluding hydrogens is 305 g/mol. The number of rotatable bonds is 2. The lowest BCUT2D eigenvalue weighted by Gasteiger charge is -2.33. The average Bonchev–Trinajstić information content (AvgIpc) is 2.54. The molecule has 0 aromatic carbocycles. The Morgan fingerprint density at radius 3 is 2.52 bits per heavy atom. The van der Waals surface area contributed by atoms with Gasteiger partial charge in [-0.1, -0.05) is 4.73 Å².